The van der Waals surface area contributed by atoms with Gasteiger partial charge in [-0.05, 0) is 109 Å². The summed E-state index contributed by atoms with van der Waals surface area (Å²) in [6, 6.07) is 0. The number of carbonyl (C=O) groups excluding carboxylic acids is 3. The second kappa shape index (κ2) is 55.7. The maximum atomic E-state index is 12.8. The first-order valence-electron chi connectivity index (χ1n) is 28.8. The molecule has 0 aliphatic carbocycles. The molecule has 0 rings (SSSR count). The Bertz CT molecular complexity index is 1210. The van der Waals surface area contributed by atoms with E-state index in [2.05, 4.69) is 81.5 Å². The third-order valence-corrected chi connectivity index (χ3v) is 12.5. The van der Waals surface area contributed by atoms with Gasteiger partial charge in [0.1, 0.15) is 13.2 Å². The Morgan fingerprint density at radius 2 is 0.537 bits per heavy atom. The third kappa shape index (κ3) is 53.9. The van der Waals surface area contributed by atoms with Crippen LogP contribution in [0.1, 0.15) is 290 Å². The summed E-state index contributed by atoms with van der Waals surface area (Å²) in [6.07, 6.45) is 69.2. The van der Waals surface area contributed by atoms with E-state index in [-0.39, 0.29) is 31.1 Å². The van der Waals surface area contributed by atoms with Gasteiger partial charge in [0.05, 0.1) is 0 Å². The van der Waals surface area contributed by atoms with Crippen molar-refractivity contribution >= 4 is 17.9 Å². The number of hydrogen-bond donors (Lipinski definition) is 0. The molecular formula is C61H108O6. The van der Waals surface area contributed by atoms with Gasteiger partial charge in [-0.1, -0.05) is 223 Å². The highest BCUT2D eigenvalue weighted by Crippen LogP contribution is 2.14. The maximum absolute atomic E-state index is 12.8. The summed E-state index contributed by atoms with van der Waals surface area (Å²) in [7, 11) is 0. The number of esters is 3. The summed E-state index contributed by atoms with van der Waals surface area (Å²) < 4.78 is 16.8. The van der Waals surface area contributed by atoms with Gasteiger partial charge in [0.15, 0.2) is 6.10 Å². The molecule has 0 aliphatic rings. The van der Waals surface area contributed by atoms with Gasteiger partial charge >= 0.3 is 17.9 Å². The van der Waals surface area contributed by atoms with Crippen LogP contribution in [0, 0.1) is 0 Å². The zero-order chi connectivity index (χ0) is 48.6. The molecule has 6 heteroatoms. The molecule has 0 spiro atoms. The van der Waals surface area contributed by atoms with Crippen molar-refractivity contribution in [1.82, 2.24) is 0 Å². The molecule has 0 aromatic rings. The van der Waals surface area contributed by atoms with Crippen LogP contribution >= 0.6 is 0 Å². The lowest BCUT2D eigenvalue weighted by Gasteiger charge is -2.18. The Morgan fingerprint density at radius 1 is 0.299 bits per heavy atom. The summed E-state index contributed by atoms with van der Waals surface area (Å²) in [5.74, 6) is -0.906. The molecule has 0 heterocycles. The van der Waals surface area contributed by atoms with Crippen LogP contribution in [0.5, 0.6) is 0 Å². The van der Waals surface area contributed by atoms with Gasteiger partial charge in [0, 0.05) is 19.3 Å². The topological polar surface area (TPSA) is 78.9 Å². The Kier molecular flexibility index (Phi) is 53.3. The molecule has 0 aromatic heterocycles. The van der Waals surface area contributed by atoms with Gasteiger partial charge < -0.3 is 14.2 Å². The fourth-order valence-corrected chi connectivity index (χ4v) is 8.09. The van der Waals surface area contributed by atoms with E-state index in [1.54, 1.807) is 0 Å². The Labute approximate surface area is 415 Å². The van der Waals surface area contributed by atoms with Gasteiger partial charge in [0.2, 0.25) is 0 Å². The first-order chi connectivity index (χ1) is 33.0. The molecule has 0 saturated carbocycles. The van der Waals surface area contributed by atoms with E-state index in [0.29, 0.717) is 19.3 Å². The van der Waals surface area contributed by atoms with E-state index in [4.69, 9.17) is 14.2 Å². The number of ether oxygens (including phenoxy) is 3. The van der Waals surface area contributed by atoms with Crippen LogP contribution in [0.15, 0.2) is 60.8 Å². The Hall–Kier alpha value is -2.89. The maximum Gasteiger partial charge on any atom is 0.306 e. The highest BCUT2D eigenvalue weighted by atomic mass is 16.6. The average molecular weight is 938 g/mol. The molecule has 0 N–H and O–H groups in total. The molecule has 0 radical (unpaired) electrons. The van der Waals surface area contributed by atoms with Crippen molar-refractivity contribution in [1.29, 1.82) is 0 Å². The van der Waals surface area contributed by atoms with Gasteiger partial charge in [-0.2, -0.15) is 0 Å². The first kappa shape index (κ1) is 64.1. The third-order valence-electron chi connectivity index (χ3n) is 12.5. The highest BCUT2D eigenvalue weighted by Gasteiger charge is 2.19. The fraction of sp³-hybridized carbons (Fsp3) is 0.787. The zero-order valence-corrected chi connectivity index (χ0v) is 44.4. The van der Waals surface area contributed by atoms with E-state index in [9.17, 15) is 14.4 Å². The van der Waals surface area contributed by atoms with E-state index in [1.807, 2.05) is 0 Å². The van der Waals surface area contributed by atoms with Crippen molar-refractivity contribution in [2.24, 2.45) is 0 Å². The van der Waals surface area contributed by atoms with Gasteiger partial charge in [-0.25, -0.2) is 0 Å². The van der Waals surface area contributed by atoms with Crippen LogP contribution in [0.25, 0.3) is 0 Å². The van der Waals surface area contributed by atoms with Gasteiger partial charge in [0.25, 0.3) is 0 Å². The molecule has 0 aliphatic heterocycles. The van der Waals surface area contributed by atoms with Gasteiger partial charge in [-0.3, -0.25) is 14.4 Å². The zero-order valence-electron chi connectivity index (χ0n) is 44.4. The Morgan fingerprint density at radius 3 is 0.866 bits per heavy atom. The minimum atomic E-state index is -0.787. The van der Waals surface area contributed by atoms with Crippen molar-refractivity contribution in [2.75, 3.05) is 13.2 Å². The molecule has 1 unspecified atom stereocenters. The van der Waals surface area contributed by atoms with E-state index >= 15 is 0 Å². The largest absolute Gasteiger partial charge is 0.462 e. The predicted molar refractivity (Wildman–Crippen MR) is 288 cm³/mol. The molecule has 388 valence electrons. The molecular weight excluding hydrogens is 829 g/mol. The highest BCUT2D eigenvalue weighted by molar-refractivity contribution is 5.71. The average Bonchev–Trinajstić information content (AvgIpc) is 3.33. The van der Waals surface area contributed by atoms with Crippen molar-refractivity contribution in [3.05, 3.63) is 60.8 Å². The molecule has 6 nitrogen and oxygen atoms in total. The number of unbranched alkanes of at least 4 members (excludes halogenated alkanes) is 31. The SMILES string of the molecule is CCCCCC/C=C\CCCCCCCC(=O)OCC(COC(=O)CCCCCCCC/C=C\C/C=C\C/C=C\CCCCCCC)OC(=O)CCCCCCC/C=C\CCCCCCCC. The minimum absolute atomic E-state index is 0.0855. The van der Waals surface area contributed by atoms with Crippen LogP contribution in [-0.4, -0.2) is 37.2 Å². The van der Waals surface area contributed by atoms with Gasteiger partial charge in [-0.15, -0.1) is 0 Å². The lowest BCUT2D eigenvalue weighted by molar-refractivity contribution is -0.167. The monoisotopic (exact) mass is 937 g/mol. The molecule has 1 atom stereocenters. The number of rotatable bonds is 52. The molecule has 0 bridgehead atoms. The van der Waals surface area contributed by atoms with E-state index in [1.165, 1.54) is 154 Å². The predicted octanol–water partition coefficient (Wildman–Crippen LogP) is 19.2. The Balaban J connectivity index is 4.38. The fourth-order valence-electron chi connectivity index (χ4n) is 8.09. The van der Waals surface area contributed by atoms with Crippen molar-refractivity contribution in [3.8, 4) is 0 Å². The summed E-state index contributed by atoms with van der Waals surface area (Å²) in [5.41, 5.74) is 0. The van der Waals surface area contributed by atoms with E-state index < -0.39 is 6.10 Å². The van der Waals surface area contributed by atoms with Crippen LogP contribution in [-0.2, 0) is 28.6 Å². The summed E-state index contributed by atoms with van der Waals surface area (Å²) in [6.45, 7) is 6.60. The minimum Gasteiger partial charge on any atom is -0.462 e. The van der Waals surface area contributed by atoms with E-state index in [0.717, 1.165) is 96.3 Å². The molecule has 0 saturated heterocycles. The number of carbonyl (C=O) groups is 3. The normalized spacial score (nSPS) is 12.5. The first-order valence-corrected chi connectivity index (χ1v) is 28.8. The molecule has 67 heavy (non-hydrogen) atoms. The number of allylic oxidation sites excluding steroid dienone is 10. The standard InChI is InChI=1S/C61H108O6/c1-4-7-10-13-16-19-22-25-27-28-29-30-31-32-34-36-39-42-45-48-51-54-60(63)66-57-58(56-65-59(62)53-50-47-44-41-38-35-24-21-18-15-12-9-6-3)67-61(64)55-52-49-46-43-40-37-33-26-23-20-17-14-11-8-5-2/h21-22,24-26,28-29,31-33,58H,4-20,23,27,30,34-57H2,1-3H3/b24-21-,25-22-,29-28-,32-31-,33-26-. The summed E-state index contributed by atoms with van der Waals surface area (Å²) in [5, 5.41) is 0. The van der Waals surface area contributed by atoms with Crippen LogP contribution in [0.3, 0.4) is 0 Å². The quantitative estimate of drug-likeness (QED) is 0.0262. The smallest absolute Gasteiger partial charge is 0.306 e. The van der Waals surface area contributed by atoms with Crippen LogP contribution in [0.2, 0.25) is 0 Å². The summed E-state index contributed by atoms with van der Waals surface area (Å²) in [4.78, 5) is 38.1. The van der Waals surface area contributed by atoms with Crippen LogP contribution < -0.4 is 0 Å². The van der Waals surface area contributed by atoms with Crippen molar-refractivity contribution in [2.45, 2.75) is 297 Å². The molecule has 0 amide bonds. The van der Waals surface area contributed by atoms with Crippen molar-refractivity contribution < 1.29 is 28.6 Å². The number of hydrogen-bond acceptors (Lipinski definition) is 6. The second-order valence-corrected chi connectivity index (χ2v) is 19.2. The lowest BCUT2D eigenvalue weighted by atomic mass is 10.1. The summed E-state index contributed by atoms with van der Waals surface area (Å²) >= 11 is 0. The molecule has 0 aromatic carbocycles. The second-order valence-electron chi connectivity index (χ2n) is 19.2. The van der Waals surface area contributed by atoms with Crippen molar-refractivity contribution in [3.63, 3.8) is 0 Å². The molecule has 0 fully saturated rings. The van der Waals surface area contributed by atoms with Crippen LogP contribution in [0.4, 0.5) is 0 Å². The lowest BCUT2D eigenvalue weighted by Crippen LogP contribution is -2.30.